The fraction of sp³-hybridized carbons (Fsp3) is 0.636. The van der Waals surface area contributed by atoms with Crippen LogP contribution < -0.4 is 5.32 Å². The van der Waals surface area contributed by atoms with Crippen LogP contribution in [0.5, 0.6) is 0 Å². The van der Waals surface area contributed by atoms with E-state index in [4.69, 9.17) is 4.74 Å². The monoisotopic (exact) mass is 414 g/mol. The molecule has 0 bridgehead atoms. The maximum Gasteiger partial charge on any atom is 0.251 e. The molecule has 1 atom stereocenters. The van der Waals surface area contributed by atoms with Crippen LogP contribution in [-0.4, -0.2) is 69.4 Å². The topological polar surface area (TPSA) is 85.2 Å². The molecule has 30 heavy (non-hydrogen) atoms. The molecule has 0 aromatic carbocycles. The fourth-order valence-electron chi connectivity index (χ4n) is 4.06. The molecule has 1 saturated heterocycles. The van der Waals surface area contributed by atoms with Gasteiger partial charge in [0, 0.05) is 48.3 Å². The Kier molecular flexibility index (Phi) is 7.20. The zero-order chi connectivity index (χ0) is 21.8. The van der Waals surface area contributed by atoms with Gasteiger partial charge in [0.15, 0.2) is 0 Å². The molecule has 1 aliphatic rings. The highest BCUT2D eigenvalue weighted by Gasteiger charge is 2.25. The van der Waals surface area contributed by atoms with Crippen molar-refractivity contribution >= 4 is 5.91 Å². The summed E-state index contributed by atoms with van der Waals surface area (Å²) in [5.41, 5.74) is 4.46. The minimum atomic E-state index is 0.0148. The molecular weight excluding hydrogens is 380 g/mol. The number of ether oxygens (including phenoxy) is 1. The van der Waals surface area contributed by atoms with Crippen molar-refractivity contribution in [2.24, 2.45) is 5.92 Å². The van der Waals surface area contributed by atoms with Crippen LogP contribution in [0.3, 0.4) is 0 Å². The van der Waals surface area contributed by atoms with Crippen molar-refractivity contribution in [3.05, 3.63) is 34.4 Å². The van der Waals surface area contributed by atoms with E-state index in [0.29, 0.717) is 30.9 Å². The molecule has 164 valence electrons. The number of rotatable bonds is 7. The van der Waals surface area contributed by atoms with E-state index in [2.05, 4.69) is 39.1 Å². The minimum absolute atomic E-state index is 0.0148. The molecule has 2 aromatic heterocycles. The Balaban J connectivity index is 1.68. The van der Waals surface area contributed by atoms with Crippen molar-refractivity contribution in [1.29, 1.82) is 0 Å². The van der Waals surface area contributed by atoms with Crippen LogP contribution in [0.4, 0.5) is 0 Å². The van der Waals surface area contributed by atoms with Gasteiger partial charge in [0.2, 0.25) is 5.91 Å². The first-order chi connectivity index (χ1) is 14.3. The average molecular weight is 415 g/mol. The van der Waals surface area contributed by atoms with Crippen molar-refractivity contribution in [2.45, 2.75) is 54.0 Å². The van der Waals surface area contributed by atoms with Crippen molar-refractivity contribution in [1.82, 2.24) is 30.0 Å². The molecule has 1 fully saturated rings. The summed E-state index contributed by atoms with van der Waals surface area (Å²) in [5.74, 6) is 1.02. The zero-order valence-electron chi connectivity index (χ0n) is 19.0. The van der Waals surface area contributed by atoms with Crippen molar-refractivity contribution in [3.63, 3.8) is 0 Å². The lowest BCUT2D eigenvalue weighted by Gasteiger charge is -2.36. The summed E-state index contributed by atoms with van der Waals surface area (Å²) in [7, 11) is 0. The van der Waals surface area contributed by atoms with Gasteiger partial charge in [-0.3, -0.25) is 9.69 Å². The van der Waals surface area contributed by atoms with E-state index in [1.54, 1.807) is 4.68 Å². The number of aromatic nitrogens is 4. The van der Waals surface area contributed by atoms with Gasteiger partial charge in [-0.25, -0.2) is 14.6 Å². The third-order valence-corrected chi connectivity index (χ3v) is 5.73. The minimum Gasteiger partial charge on any atom is -0.379 e. The number of nitrogens with one attached hydrogen (secondary N) is 1. The fourth-order valence-corrected chi connectivity index (χ4v) is 4.06. The summed E-state index contributed by atoms with van der Waals surface area (Å²) in [4.78, 5) is 24.2. The van der Waals surface area contributed by atoms with E-state index < -0.39 is 0 Å². The number of morpholine rings is 1. The van der Waals surface area contributed by atoms with Crippen LogP contribution in [0.25, 0.3) is 5.95 Å². The number of nitrogens with zero attached hydrogens (tertiary/aromatic N) is 5. The van der Waals surface area contributed by atoms with Crippen LogP contribution in [0.1, 0.15) is 42.2 Å². The Labute approximate surface area is 179 Å². The zero-order valence-corrected chi connectivity index (χ0v) is 19.0. The Bertz CT molecular complexity index is 866. The Morgan fingerprint density at radius 1 is 1.13 bits per heavy atom. The Hall–Kier alpha value is -2.32. The molecular formula is C22H34N6O2. The van der Waals surface area contributed by atoms with Gasteiger partial charge in [0.05, 0.1) is 25.3 Å². The largest absolute Gasteiger partial charge is 0.379 e. The standard InChI is InChI=1S/C22H34N6O2/c1-14(2)20(27-7-9-30-10-8-27)13-23-21(29)12-19-17(5)26-28(18(19)6)22-24-15(3)11-16(4)25-22/h11,14,20H,7-10,12-13H2,1-6H3,(H,23,29). The third kappa shape index (κ3) is 5.23. The SMILES string of the molecule is Cc1cc(C)nc(-n2nc(C)c(CC(=O)NCC(C(C)C)N3CCOCC3)c2C)n1. The number of aryl methyl sites for hydroxylation is 3. The molecule has 0 spiro atoms. The first-order valence-electron chi connectivity index (χ1n) is 10.7. The molecule has 2 aromatic rings. The van der Waals surface area contributed by atoms with Gasteiger partial charge >= 0.3 is 0 Å². The lowest BCUT2D eigenvalue weighted by atomic mass is 10.0. The third-order valence-electron chi connectivity index (χ3n) is 5.73. The van der Waals surface area contributed by atoms with E-state index in [9.17, 15) is 4.79 Å². The first-order valence-corrected chi connectivity index (χ1v) is 10.7. The number of hydrogen-bond donors (Lipinski definition) is 1. The smallest absolute Gasteiger partial charge is 0.251 e. The lowest BCUT2D eigenvalue weighted by Crippen LogP contribution is -2.51. The van der Waals surface area contributed by atoms with Crippen molar-refractivity contribution in [3.8, 4) is 5.95 Å². The van der Waals surface area contributed by atoms with Crippen molar-refractivity contribution < 1.29 is 9.53 Å². The second kappa shape index (κ2) is 9.66. The van der Waals surface area contributed by atoms with Gasteiger partial charge in [-0.1, -0.05) is 13.8 Å². The summed E-state index contributed by atoms with van der Waals surface area (Å²) in [6.07, 6.45) is 0.302. The van der Waals surface area contributed by atoms with Crippen LogP contribution >= 0.6 is 0 Å². The second-order valence-electron chi connectivity index (χ2n) is 8.45. The van der Waals surface area contributed by atoms with E-state index in [1.807, 2.05) is 33.8 Å². The van der Waals surface area contributed by atoms with E-state index >= 15 is 0 Å². The van der Waals surface area contributed by atoms with Crippen LogP contribution in [0.15, 0.2) is 6.07 Å². The molecule has 0 saturated carbocycles. The number of hydrogen-bond acceptors (Lipinski definition) is 6. The van der Waals surface area contributed by atoms with Crippen LogP contribution in [0.2, 0.25) is 0 Å². The predicted octanol–water partition coefficient (Wildman–Crippen LogP) is 1.91. The second-order valence-corrected chi connectivity index (χ2v) is 8.45. The predicted molar refractivity (Wildman–Crippen MR) is 116 cm³/mol. The van der Waals surface area contributed by atoms with E-state index in [1.165, 1.54) is 0 Å². The number of carbonyl (C=O) groups excluding carboxylic acids is 1. The first kappa shape index (κ1) is 22.4. The molecule has 1 N–H and O–H groups in total. The molecule has 3 heterocycles. The van der Waals surface area contributed by atoms with E-state index in [0.717, 1.165) is 54.6 Å². The molecule has 3 rings (SSSR count). The molecule has 0 aliphatic carbocycles. The molecule has 1 amide bonds. The Morgan fingerprint density at radius 3 is 2.37 bits per heavy atom. The quantitative estimate of drug-likeness (QED) is 0.745. The highest BCUT2D eigenvalue weighted by atomic mass is 16.5. The van der Waals surface area contributed by atoms with Gasteiger partial charge in [0.25, 0.3) is 5.95 Å². The van der Waals surface area contributed by atoms with Gasteiger partial charge in [0.1, 0.15) is 0 Å². The highest BCUT2D eigenvalue weighted by molar-refractivity contribution is 5.79. The van der Waals surface area contributed by atoms with Crippen LogP contribution in [0, 0.1) is 33.6 Å². The molecule has 1 aliphatic heterocycles. The Morgan fingerprint density at radius 2 is 1.77 bits per heavy atom. The lowest BCUT2D eigenvalue weighted by molar-refractivity contribution is -0.120. The maximum atomic E-state index is 12.8. The molecule has 0 radical (unpaired) electrons. The maximum absolute atomic E-state index is 12.8. The van der Waals surface area contributed by atoms with E-state index in [-0.39, 0.29) is 5.91 Å². The van der Waals surface area contributed by atoms with Crippen LogP contribution in [-0.2, 0) is 16.0 Å². The van der Waals surface area contributed by atoms with Gasteiger partial charge in [-0.15, -0.1) is 0 Å². The normalized spacial score (nSPS) is 16.1. The van der Waals surface area contributed by atoms with Gasteiger partial charge < -0.3 is 10.1 Å². The van der Waals surface area contributed by atoms with Gasteiger partial charge in [-0.2, -0.15) is 5.10 Å². The summed E-state index contributed by atoms with van der Waals surface area (Å²) in [6, 6.07) is 2.25. The summed E-state index contributed by atoms with van der Waals surface area (Å²) >= 11 is 0. The summed E-state index contributed by atoms with van der Waals surface area (Å²) in [5, 5.41) is 7.74. The van der Waals surface area contributed by atoms with Gasteiger partial charge in [-0.05, 0) is 39.7 Å². The summed E-state index contributed by atoms with van der Waals surface area (Å²) < 4.78 is 7.20. The molecule has 1 unspecified atom stereocenters. The molecule has 8 nitrogen and oxygen atoms in total. The number of amides is 1. The molecule has 8 heteroatoms. The highest BCUT2D eigenvalue weighted by Crippen LogP contribution is 2.18. The summed E-state index contributed by atoms with van der Waals surface area (Å²) in [6.45, 7) is 16.2. The number of carbonyl (C=O) groups is 1. The average Bonchev–Trinajstić information content (AvgIpc) is 2.96. The van der Waals surface area contributed by atoms with Crippen molar-refractivity contribution in [2.75, 3.05) is 32.8 Å².